The van der Waals surface area contributed by atoms with Gasteiger partial charge in [0, 0.05) is 33.5 Å². The van der Waals surface area contributed by atoms with Gasteiger partial charge in [0.2, 0.25) is 10.0 Å². The smallest absolute Gasteiger partial charge is 0.258 e. The third-order valence-corrected chi connectivity index (χ3v) is 8.53. The van der Waals surface area contributed by atoms with Crippen LogP contribution in [0.1, 0.15) is 39.5 Å². The summed E-state index contributed by atoms with van der Waals surface area (Å²) in [7, 11) is -3.81. The van der Waals surface area contributed by atoms with Crippen LogP contribution in [0.2, 0.25) is 15.2 Å². The number of halogens is 3. The van der Waals surface area contributed by atoms with Gasteiger partial charge in [-0.2, -0.15) is 0 Å². The molecule has 1 aromatic heterocycles. The molecular weight excluding hydrogens is 565 g/mol. The van der Waals surface area contributed by atoms with Gasteiger partial charge in [0.15, 0.2) is 0 Å². The van der Waals surface area contributed by atoms with Gasteiger partial charge in [-0.1, -0.05) is 59.1 Å². The zero-order chi connectivity index (χ0) is 26.9. The summed E-state index contributed by atoms with van der Waals surface area (Å²) in [5.74, 6) is -0.253. The molecule has 5 rings (SSSR count). The molecule has 0 fully saturated rings. The molecule has 0 saturated carbocycles. The van der Waals surface area contributed by atoms with E-state index < -0.39 is 16.1 Å². The maximum Gasteiger partial charge on any atom is 0.258 e. The number of hydrogen-bond acceptors (Lipinski definition) is 4. The van der Waals surface area contributed by atoms with Crippen LogP contribution in [-0.4, -0.2) is 19.3 Å². The largest absolute Gasteiger partial charge is 0.304 e. The van der Waals surface area contributed by atoms with Crippen LogP contribution in [0, 0.1) is 0 Å². The third-order valence-electron chi connectivity index (χ3n) is 6.37. The van der Waals surface area contributed by atoms with Gasteiger partial charge in [0.05, 0.1) is 11.4 Å². The molecule has 10 heteroatoms. The minimum absolute atomic E-state index is 0.0996. The maximum atomic E-state index is 13.7. The SMILES string of the molecule is O=C(c1cccc(Cl)c1)N(Cc1ccc(Cl)nc1)c1ccc2c(c1)C(NS(=O)(=O)c1cccc(Cl)c1)CC2. The van der Waals surface area contributed by atoms with Crippen molar-refractivity contribution in [2.24, 2.45) is 0 Å². The molecule has 1 N–H and O–H groups in total. The second kappa shape index (κ2) is 11.0. The highest BCUT2D eigenvalue weighted by Gasteiger charge is 2.29. The number of nitrogens with zero attached hydrogens (tertiary/aromatic N) is 2. The first kappa shape index (κ1) is 26.7. The zero-order valence-electron chi connectivity index (χ0n) is 19.9. The zero-order valence-corrected chi connectivity index (χ0v) is 23.0. The Hall–Kier alpha value is -2.94. The van der Waals surface area contributed by atoms with Crippen LogP contribution in [0.4, 0.5) is 5.69 Å². The molecule has 3 aromatic carbocycles. The van der Waals surface area contributed by atoms with Gasteiger partial charge in [-0.25, -0.2) is 18.1 Å². The van der Waals surface area contributed by atoms with E-state index in [9.17, 15) is 13.2 Å². The first-order valence-electron chi connectivity index (χ1n) is 11.8. The van der Waals surface area contributed by atoms with E-state index in [1.165, 1.54) is 12.1 Å². The molecule has 1 amide bonds. The molecule has 38 heavy (non-hydrogen) atoms. The average Bonchev–Trinajstić information content (AvgIpc) is 3.29. The number of aromatic nitrogens is 1. The lowest BCUT2D eigenvalue weighted by Crippen LogP contribution is -2.31. The van der Waals surface area contributed by atoms with Gasteiger partial charge >= 0.3 is 0 Å². The van der Waals surface area contributed by atoms with E-state index in [1.807, 2.05) is 24.3 Å². The Balaban J connectivity index is 1.49. The number of benzene rings is 3. The summed E-state index contributed by atoms with van der Waals surface area (Å²) in [4.78, 5) is 19.6. The lowest BCUT2D eigenvalue weighted by molar-refractivity contribution is 0.0985. The van der Waals surface area contributed by atoms with E-state index in [4.69, 9.17) is 34.8 Å². The molecule has 1 aliphatic rings. The van der Waals surface area contributed by atoms with E-state index in [1.54, 1.807) is 53.6 Å². The van der Waals surface area contributed by atoms with Crippen LogP contribution in [-0.2, 0) is 23.0 Å². The first-order chi connectivity index (χ1) is 18.2. The molecule has 0 bridgehead atoms. The van der Waals surface area contributed by atoms with Crippen molar-refractivity contribution in [3.05, 3.63) is 123 Å². The fourth-order valence-electron chi connectivity index (χ4n) is 4.51. The average molecular weight is 587 g/mol. The number of fused-ring (bicyclic) bond motifs is 1. The molecule has 6 nitrogen and oxygen atoms in total. The van der Waals surface area contributed by atoms with Crippen molar-refractivity contribution in [2.75, 3.05) is 4.90 Å². The van der Waals surface area contributed by atoms with Crippen LogP contribution >= 0.6 is 34.8 Å². The lowest BCUT2D eigenvalue weighted by atomic mass is 10.1. The van der Waals surface area contributed by atoms with Gasteiger partial charge < -0.3 is 4.90 Å². The van der Waals surface area contributed by atoms with Crippen molar-refractivity contribution in [3.8, 4) is 0 Å². The number of nitrogens with one attached hydrogen (secondary N) is 1. The van der Waals surface area contributed by atoms with E-state index in [2.05, 4.69) is 9.71 Å². The summed E-state index contributed by atoms with van der Waals surface area (Å²) in [6.45, 7) is 0.229. The molecule has 0 radical (unpaired) electrons. The van der Waals surface area contributed by atoms with E-state index in [-0.39, 0.29) is 17.3 Å². The number of anilines is 1. The minimum atomic E-state index is -3.81. The Labute approximate surface area is 236 Å². The Bertz CT molecular complexity index is 1610. The molecule has 1 atom stereocenters. The minimum Gasteiger partial charge on any atom is -0.304 e. The second-order valence-electron chi connectivity index (χ2n) is 8.94. The highest BCUT2D eigenvalue weighted by atomic mass is 35.5. The third kappa shape index (κ3) is 5.87. The van der Waals surface area contributed by atoms with Crippen molar-refractivity contribution >= 4 is 56.4 Å². The van der Waals surface area contributed by atoms with Crippen LogP contribution in [0.3, 0.4) is 0 Å². The van der Waals surface area contributed by atoms with Gasteiger partial charge in [-0.05, 0) is 84.1 Å². The molecule has 194 valence electrons. The van der Waals surface area contributed by atoms with Gasteiger partial charge in [0.25, 0.3) is 5.91 Å². The standard InChI is InChI=1S/C28H22Cl3N3O3S/c29-21-4-1-3-20(13-21)28(35)34(17-18-7-12-27(31)32-16-18)23-10-8-19-9-11-26(25(19)15-23)33-38(36,37)24-6-2-5-22(30)14-24/h1-8,10,12-16,26,33H,9,11,17H2. The van der Waals surface area contributed by atoms with Crippen LogP contribution in [0.25, 0.3) is 0 Å². The number of sulfonamides is 1. The summed E-state index contributed by atoms with van der Waals surface area (Å²) < 4.78 is 29.0. The van der Waals surface area contributed by atoms with E-state index in [0.717, 1.165) is 16.7 Å². The van der Waals surface area contributed by atoms with Crippen LogP contribution < -0.4 is 9.62 Å². The van der Waals surface area contributed by atoms with Gasteiger partial charge in [-0.15, -0.1) is 0 Å². The predicted octanol–water partition coefficient (Wildman–Crippen LogP) is 6.85. The molecule has 0 saturated heterocycles. The van der Waals surface area contributed by atoms with Crippen molar-refractivity contribution in [1.29, 1.82) is 0 Å². The Morgan fingerprint density at radius 3 is 2.42 bits per heavy atom. The van der Waals surface area contributed by atoms with Crippen LogP contribution in [0.5, 0.6) is 0 Å². The molecule has 0 aliphatic heterocycles. The van der Waals surface area contributed by atoms with Crippen molar-refractivity contribution in [1.82, 2.24) is 9.71 Å². The molecule has 1 unspecified atom stereocenters. The first-order valence-corrected chi connectivity index (χ1v) is 14.4. The monoisotopic (exact) mass is 585 g/mol. The van der Waals surface area contributed by atoms with E-state index in [0.29, 0.717) is 39.3 Å². The number of hydrogen-bond donors (Lipinski definition) is 1. The van der Waals surface area contributed by atoms with Crippen LogP contribution in [0.15, 0.2) is 90.0 Å². The van der Waals surface area contributed by atoms with Crippen molar-refractivity contribution < 1.29 is 13.2 Å². The fraction of sp³-hybridized carbons (Fsp3) is 0.143. The number of carbonyl (C=O) groups is 1. The van der Waals surface area contributed by atoms with Crippen molar-refractivity contribution in [3.63, 3.8) is 0 Å². The Morgan fingerprint density at radius 2 is 1.71 bits per heavy atom. The topological polar surface area (TPSA) is 79.4 Å². The van der Waals surface area contributed by atoms with Gasteiger partial charge in [-0.3, -0.25) is 4.79 Å². The molecular formula is C28H22Cl3N3O3S. The molecule has 0 spiro atoms. The maximum absolute atomic E-state index is 13.7. The summed E-state index contributed by atoms with van der Waals surface area (Å²) >= 11 is 18.1. The molecule has 1 heterocycles. The van der Waals surface area contributed by atoms with E-state index >= 15 is 0 Å². The highest BCUT2D eigenvalue weighted by Crippen LogP contribution is 2.36. The highest BCUT2D eigenvalue weighted by molar-refractivity contribution is 7.89. The number of aryl methyl sites for hydroxylation is 1. The normalized spacial score (nSPS) is 14.8. The summed E-state index contributed by atoms with van der Waals surface area (Å²) in [6.07, 6.45) is 2.93. The van der Waals surface area contributed by atoms with Crippen molar-refractivity contribution in [2.45, 2.75) is 30.3 Å². The summed E-state index contributed by atoms with van der Waals surface area (Å²) in [6, 6.07) is 21.6. The second-order valence-corrected chi connectivity index (χ2v) is 11.9. The number of rotatable bonds is 7. The summed E-state index contributed by atoms with van der Waals surface area (Å²) in [5, 5.41) is 1.15. The number of amides is 1. The predicted molar refractivity (Wildman–Crippen MR) is 150 cm³/mol. The Morgan fingerprint density at radius 1 is 0.947 bits per heavy atom. The quantitative estimate of drug-likeness (QED) is 0.240. The lowest BCUT2D eigenvalue weighted by Gasteiger charge is -2.25. The number of pyridine rings is 1. The molecule has 4 aromatic rings. The van der Waals surface area contributed by atoms with Gasteiger partial charge in [0.1, 0.15) is 5.15 Å². The Kier molecular flexibility index (Phi) is 7.75. The summed E-state index contributed by atoms with van der Waals surface area (Å²) in [5.41, 5.74) is 3.68. The molecule has 1 aliphatic carbocycles. The number of carbonyl (C=O) groups excluding carboxylic acids is 1. The fourth-order valence-corrected chi connectivity index (χ4v) is 6.36.